The van der Waals surface area contributed by atoms with Gasteiger partial charge in [0, 0.05) is 44.5 Å². The molecule has 3 saturated heterocycles. The molecule has 2 amide bonds. The maximum Gasteiger partial charge on any atom is 0.254 e. The van der Waals surface area contributed by atoms with Crippen LogP contribution in [0.4, 0.5) is 5.82 Å². The molecule has 6 heteroatoms. The Bertz CT molecular complexity index is 839. The molecule has 140 valence electrons. The average Bonchev–Trinajstić information content (AvgIpc) is 3.01. The van der Waals surface area contributed by atoms with E-state index in [-0.39, 0.29) is 23.8 Å². The van der Waals surface area contributed by atoms with E-state index < -0.39 is 0 Å². The van der Waals surface area contributed by atoms with Crippen molar-refractivity contribution in [3.63, 3.8) is 0 Å². The third kappa shape index (κ3) is 3.52. The van der Waals surface area contributed by atoms with Gasteiger partial charge in [-0.1, -0.05) is 30.3 Å². The van der Waals surface area contributed by atoms with E-state index in [4.69, 9.17) is 0 Å². The van der Waals surface area contributed by atoms with Crippen molar-refractivity contribution >= 4 is 17.6 Å². The number of benzene rings is 1. The van der Waals surface area contributed by atoms with Crippen LogP contribution in [-0.2, 0) is 11.3 Å². The van der Waals surface area contributed by atoms with Crippen molar-refractivity contribution in [2.24, 2.45) is 5.92 Å². The lowest BCUT2D eigenvalue weighted by atomic mass is 9.93. The molecule has 0 radical (unpaired) electrons. The first-order chi connectivity index (χ1) is 13.2. The molecule has 2 aromatic rings. The first kappa shape index (κ1) is 17.5. The third-order valence-corrected chi connectivity index (χ3v) is 5.54. The van der Waals surface area contributed by atoms with Gasteiger partial charge in [-0.25, -0.2) is 4.98 Å². The number of hydrogen-bond acceptors (Lipinski definition) is 4. The highest BCUT2D eigenvalue weighted by molar-refractivity contribution is 5.95. The first-order valence-electron chi connectivity index (χ1n) is 9.43. The highest BCUT2D eigenvalue weighted by Crippen LogP contribution is 2.31. The van der Waals surface area contributed by atoms with Crippen molar-refractivity contribution in [2.75, 3.05) is 25.5 Å². The molecule has 3 aliphatic rings. The Balaban J connectivity index is 1.55. The van der Waals surface area contributed by atoms with Crippen LogP contribution < -0.4 is 5.32 Å². The quantitative estimate of drug-likeness (QED) is 0.905. The number of nitrogens with zero attached hydrogens (tertiary/aromatic N) is 3. The van der Waals surface area contributed by atoms with Gasteiger partial charge in [0.1, 0.15) is 5.82 Å². The number of carbonyl (C=O) groups is 2. The van der Waals surface area contributed by atoms with Crippen molar-refractivity contribution in [2.45, 2.75) is 25.4 Å². The fraction of sp³-hybridized carbons (Fsp3) is 0.381. The zero-order valence-corrected chi connectivity index (χ0v) is 15.5. The van der Waals surface area contributed by atoms with Crippen molar-refractivity contribution in [1.29, 1.82) is 0 Å². The van der Waals surface area contributed by atoms with Crippen molar-refractivity contribution in [3.8, 4) is 0 Å². The molecule has 0 saturated carbocycles. The van der Waals surface area contributed by atoms with Gasteiger partial charge < -0.3 is 15.1 Å². The largest absolute Gasteiger partial charge is 0.373 e. The molecule has 3 fully saturated rings. The topological polar surface area (TPSA) is 65.5 Å². The van der Waals surface area contributed by atoms with Crippen molar-refractivity contribution in [3.05, 3.63) is 59.8 Å². The summed E-state index contributed by atoms with van der Waals surface area (Å²) < 4.78 is 0. The minimum absolute atomic E-state index is 0.0276. The van der Waals surface area contributed by atoms with Crippen molar-refractivity contribution in [1.82, 2.24) is 14.8 Å². The van der Waals surface area contributed by atoms with Gasteiger partial charge in [0.25, 0.3) is 5.91 Å². The number of amides is 2. The van der Waals surface area contributed by atoms with Crippen LogP contribution in [0.15, 0.2) is 48.7 Å². The summed E-state index contributed by atoms with van der Waals surface area (Å²) in [5.41, 5.74) is 1.74. The van der Waals surface area contributed by atoms with Gasteiger partial charge in [-0.2, -0.15) is 0 Å². The van der Waals surface area contributed by atoms with Crippen LogP contribution in [0.25, 0.3) is 0 Å². The summed E-state index contributed by atoms with van der Waals surface area (Å²) in [6, 6.07) is 13.6. The highest BCUT2D eigenvalue weighted by atomic mass is 16.2. The molecule has 1 N–H and O–H groups in total. The molecule has 27 heavy (non-hydrogen) atoms. The molecule has 0 aliphatic carbocycles. The van der Waals surface area contributed by atoms with Gasteiger partial charge in [-0.3, -0.25) is 9.59 Å². The number of hydrogen-bond donors (Lipinski definition) is 1. The van der Waals surface area contributed by atoms with Gasteiger partial charge in [-0.15, -0.1) is 0 Å². The zero-order valence-electron chi connectivity index (χ0n) is 15.5. The fourth-order valence-electron chi connectivity index (χ4n) is 4.08. The lowest BCUT2D eigenvalue weighted by Crippen LogP contribution is -2.47. The predicted octanol–water partition coefficient (Wildman–Crippen LogP) is 2.39. The average molecular weight is 364 g/mol. The summed E-state index contributed by atoms with van der Waals surface area (Å²) in [5, 5.41) is 2.96. The number of anilines is 1. The third-order valence-electron chi connectivity index (χ3n) is 5.54. The Morgan fingerprint density at radius 1 is 1.19 bits per heavy atom. The maximum absolute atomic E-state index is 13.1. The molecule has 6 nitrogen and oxygen atoms in total. The Kier molecular flexibility index (Phi) is 4.79. The summed E-state index contributed by atoms with van der Waals surface area (Å²) in [6.45, 7) is 1.70. The van der Waals surface area contributed by atoms with E-state index in [1.165, 1.54) is 0 Å². The predicted molar refractivity (Wildman–Crippen MR) is 103 cm³/mol. The molecule has 0 unspecified atom stereocenters. The molecule has 4 heterocycles. The van der Waals surface area contributed by atoms with E-state index in [1.54, 1.807) is 25.4 Å². The molecule has 5 rings (SSSR count). The molecule has 1 aromatic heterocycles. The van der Waals surface area contributed by atoms with Crippen LogP contribution in [0.3, 0.4) is 0 Å². The summed E-state index contributed by atoms with van der Waals surface area (Å²) in [6.07, 6.45) is 3.44. The van der Waals surface area contributed by atoms with Crippen LogP contribution in [0.2, 0.25) is 0 Å². The number of nitrogens with one attached hydrogen (secondary N) is 1. The number of rotatable bonds is 4. The number of fused-ring (bicyclic) bond motifs is 4. The Morgan fingerprint density at radius 2 is 2.00 bits per heavy atom. The van der Waals surface area contributed by atoms with Crippen LogP contribution >= 0.6 is 0 Å². The molecule has 0 spiro atoms. The number of pyridine rings is 1. The summed E-state index contributed by atoms with van der Waals surface area (Å²) in [5.74, 6) is 0.707. The van der Waals surface area contributed by atoms with Gasteiger partial charge >= 0.3 is 0 Å². The molecule has 3 aliphatic heterocycles. The molecular formula is C21H24N4O2. The van der Waals surface area contributed by atoms with Gasteiger partial charge in [0.15, 0.2) is 0 Å². The van der Waals surface area contributed by atoms with E-state index in [1.807, 2.05) is 40.1 Å². The van der Waals surface area contributed by atoms with Crippen molar-refractivity contribution < 1.29 is 9.59 Å². The van der Waals surface area contributed by atoms with Crippen LogP contribution in [-0.4, -0.2) is 52.8 Å². The Labute approximate surface area is 159 Å². The van der Waals surface area contributed by atoms with Crippen LogP contribution in [0.5, 0.6) is 0 Å². The van der Waals surface area contributed by atoms with Crippen LogP contribution in [0, 0.1) is 5.92 Å². The van der Waals surface area contributed by atoms with E-state index >= 15 is 0 Å². The first-order valence-corrected chi connectivity index (χ1v) is 9.43. The minimum Gasteiger partial charge on any atom is -0.373 e. The monoisotopic (exact) mass is 364 g/mol. The SMILES string of the molecule is CNc1cc(C(=O)N2C[C@H]3CC[C@@H](C2)N(Cc2ccccc2)C3=O)ccn1. The molecule has 2 bridgehead atoms. The second kappa shape index (κ2) is 7.39. The summed E-state index contributed by atoms with van der Waals surface area (Å²) >= 11 is 0. The molecule has 1 aromatic carbocycles. The maximum atomic E-state index is 13.1. The van der Waals surface area contributed by atoms with Gasteiger partial charge in [0.2, 0.25) is 5.91 Å². The lowest BCUT2D eigenvalue weighted by Gasteiger charge is -2.36. The summed E-state index contributed by atoms with van der Waals surface area (Å²) in [4.78, 5) is 34.0. The smallest absolute Gasteiger partial charge is 0.254 e. The standard InChI is InChI=1S/C21H24N4O2/c1-22-19-11-16(9-10-23-19)20(26)24-13-17-7-8-18(14-24)25(21(17)27)12-15-5-3-2-4-6-15/h2-6,9-11,17-18H,7-8,12-14H2,1H3,(H,22,23)/t17-,18+/m1/s1. The zero-order chi connectivity index (χ0) is 18.8. The fourth-order valence-corrected chi connectivity index (χ4v) is 4.08. The van der Waals surface area contributed by atoms with Gasteiger partial charge in [0.05, 0.1) is 5.92 Å². The summed E-state index contributed by atoms with van der Waals surface area (Å²) in [7, 11) is 1.78. The number of piperidine rings is 1. The second-order valence-corrected chi connectivity index (χ2v) is 7.27. The Morgan fingerprint density at radius 3 is 2.78 bits per heavy atom. The highest BCUT2D eigenvalue weighted by Gasteiger charge is 2.41. The normalized spacial score (nSPS) is 21.9. The minimum atomic E-state index is -0.109. The van der Waals surface area contributed by atoms with E-state index in [9.17, 15) is 9.59 Å². The van der Waals surface area contributed by atoms with Gasteiger partial charge in [-0.05, 0) is 30.5 Å². The molecule has 2 atom stereocenters. The van der Waals surface area contributed by atoms with E-state index in [0.29, 0.717) is 31.0 Å². The number of carbonyl (C=O) groups excluding carboxylic acids is 2. The van der Waals surface area contributed by atoms with Crippen LogP contribution in [0.1, 0.15) is 28.8 Å². The van der Waals surface area contributed by atoms with E-state index in [0.717, 1.165) is 18.4 Å². The second-order valence-electron chi connectivity index (χ2n) is 7.27. The van der Waals surface area contributed by atoms with E-state index in [2.05, 4.69) is 10.3 Å². The lowest BCUT2D eigenvalue weighted by molar-refractivity contribution is -0.140. The number of aromatic nitrogens is 1. The Hall–Kier alpha value is -2.89. The molecular weight excluding hydrogens is 340 g/mol.